The van der Waals surface area contributed by atoms with Crippen LogP contribution >= 0.6 is 0 Å². The van der Waals surface area contributed by atoms with Crippen molar-refractivity contribution in [3.63, 3.8) is 0 Å². The summed E-state index contributed by atoms with van der Waals surface area (Å²) in [5.74, 6) is -0.0965. The molecule has 0 radical (unpaired) electrons. The SMILES string of the molecule is Nc1c(NNC(=O)c2ccccc2)ncnc1Nc1ccc(F)cc1. The van der Waals surface area contributed by atoms with E-state index >= 15 is 0 Å². The average molecular weight is 338 g/mol. The number of halogens is 1. The Morgan fingerprint density at radius 2 is 1.64 bits per heavy atom. The Balaban J connectivity index is 1.70. The summed E-state index contributed by atoms with van der Waals surface area (Å²) in [7, 11) is 0. The second-order valence-corrected chi connectivity index (χ2v) is 5.06. The first-order chi connectivity index (χ1) is 12.1. The van der Waals surface area contributed by atoms with Crippen molar-refractivity contribution < 1.29 is 9.18 Å². The predicted molar refractivity (Wildman–Crippen MR) is 93.7 cm³/mol. The van der Waals surface area contributed by atoms with Crippen LogP contribution < -0.4 is 21.9 Å². The zero-order chi connectivity index (χ0) is 17.6. The summed E-state index contributed by atoms with van der Waals surface area (Å²) in [5.41, 5.74) is 12.5. The van der Waals surface area contributed by atoms with Crippen molar-refractivity contribution in [1.29, 1.82) is 0 Å². The summed E-state index contributed by atoms with van der Waals surface area (Å²) >= 11 is 0. The van der Waals surface area contributed by atoms with Crippen molar-refractivity contribution in [2.45, 2.75) is 0 Å². The summed E-state index contributed by atoms with van der Waals surface area (Å²) in [5, 5.41) is 2.96. The van der Waals surface area contributed by atoms with Crippen LogP contribution in [0.5, 0.6) is 0 Å². The Kier molecular flexibility index (Phi) is 4.70. The third-order valence-electron chi connectivity index (χ3n) is 3.32. The van der Waals surface area contributed by atoms with Crippen LogP contribution in [0.25, 0.3) is 0 Å². The maximum Gasteiger partial charge on any atom is 0.269 e. The van der Waals surface area contributed by atoms with Gasteiger partial charge in [0, 0.05) is 11.3 Å². The van der Waals surface area contributed by atoms with E-state index in [0.717, 1.165) is 0 Å². The van der Waals surface area contributed by atoms with Gasteiger partial charge in [0.15, 0.2) is 11.6 Å². The predicted octanol–water partition coefficient (Wildman–Crippen LogP) is 2.70. The van der Waals surface area contributed by atoms with E-state index in [-0.39, 0.29) is 23.2 Å². The minimum atomic E-state index is -0.341. The lowest BCUT2D eigenvalue weighted by molar-refractivity contribution is 0.0962. The molecule has 3 rings (SSSR count). The molecule has 1 aromatic heterocycles. The van der Waals surface area contributed by atoms with E-state index in [9.17, 15) is 9.18 Å². The summed E-state index contributed by atoms with van der Waals surface area (Å²) in [6.45, 7) is 0. The van der Waals surface area contributed by atoms with E-state index in [0.29, 0.717) is 17.1 Å². The van der Waals surface area contributed by atoms with Crippen LogP contribution in [0.2, 0.25) is 0 Å². The molecule has 0 bridgehead atoms. The Hall–Kier alpha value is -3.68. The lowest BCUT2D eigenvalue weighted by Crippen LogP contribution is -2.30. The van der Waals surface area contributed by atoms with Crippen LogP contribution in [-0.2, 0) is 0 Å². The van der Waals surface area contributed by atoms with Crippen LogP contribution in [0.3, 0.4) is 0 Å². The van der Waals surface area contributed by atoms with Crippen LogP contribution in [0, 0.1) is 5.82 Å². The monoisotopic (exact) mass is 338 g/mol. The number of nitrogens with two attached hydrogens (primary N) is 1. The number of aromatic nitrogens is 2. The van der Waals surface area contributed by atoms with Gasteiger partial charge in [-0.25, -0.2) is 14.4 Å². The van der Waals surface area contributed by atoms with E-state index in [1.165, 1.54) is 18.5 Å². The van der Waals surface area contributed by atoms with E-state index in [2.05, 4.69) is 26.1 Å². The fourth-order valence-corrected chi connectivity index (χ4v) is 2.04. The number of rotatable bonds is 5. The number of nitrogens with one attached hydrogen (secondary N) is 3. The zero-order valence-corrected chi connectivity index (χ0v) is 13.0. The summed E-state index contributed by atoms with van der Waals surface area (Å²) in [4.78, 5) is 20.1. The second kappa shape index (κ2) is 7.26. The van der Waals surface area contributed by atoms with Gasteiger partial charge in [-0.1, -0.05) is 18.2 Å². The number of carbonyl (C=O) groups is 1. The molecule has 7 nitrogen and oxygen atoms in total. The Morgan fingerprint density at radius 3 is 2.36 bits per heavy atom. The number of anilines is 4. The van der Waals surface area contributed by atoms with Gasteiger partial charge in [-0.15, -0.1) is 0 Å². The molecule has 25 heavy (non-hydrogen) atoms. The van der Waals surface area contributed by atoms with Crippen LogP contribution in [0.15, 0.2) is 60.9 Å². The molecule has 0 saturated heterocycles. The van der Waals surface area contributed by atoms with Crippen molar-refractivity contribution in [3.05, 3.63) is 72.3 Å². The van der Waals surface area contributed by atoms with Crippen LogP contribution in [0.1, 0.15) is 10.4 Å². The third kappa shape index (κ3) is 3.99. The first kappa shape index (κ1) is 16.2. The molecule has 0 unspecified atom stereocenters. The summed E-state index contributed by atoms with van der Waals surface area (Å²) in [6.07, 6.45) is 1.29. The highest BCUT2D eigenvalue weighted by molar-refractivity contribution is 5.95. The molecule has 0 saturated carbocycles. The minimum absolute atomic E-state index is 0.209. The molecule has 0 aliphatic heterocycles. The molecular formula is C17H15FN6O. The standard InChI is InChI=1S/C17H15FN6O/c18-12-6-8-13(9-7-12)22-15-14(19)16(21-10-20-15)23-24-17(25)11-4-2-1-3-5-11/h1-10H,19H2,(H,24,25)(H2,20,21,22,23). The van der Waals surface area contributed by atoms with Gasteiger partial charge in [-0.2, -0.15) is 0 Å². The zero-order valence-electron chi connectivity index (χ0n) is 13.0. The van der Waals surface area contributed by atoms with E-state index in [1.54, 1.807) is 36.4 Å². The molecule has 0 atom stereocenters. The van der Waals surface area contributed by atoms with Gasteiger partial charge in [0.25, 0.3) is 5.91 Å². The molecule has 0 aliphatic carbocycles. The van der Waals surface area contributed by atoms with Gasteiger partial charge in [0.2, 0.25) is 0 Å². The molecule has 2 aromatic carbocycles. The maximum absolute atomic E-state index is 13.0. The van der Waals surface area contributed by atoms with Gasteiger partial charge < -0.3 is 11.1 Å². The quantitative estimate of drug-likeness (QED) is 0.533. The number of carbonyl (C=O) groups excluding carboxylic acids is 1. The molecule has 0 spiro atoms. The van der Waals surface area contributed by atoms with Gasteiger partial charge in [0.1, 0.15) is 17.8 Å². The van der Waals surface area contributed by atoms with E-state index in [1.807, 2.05) is 6.07 Å². The molecule has 0 fully saturated rings. The number of hydrogen-bond acceptors (Lipinski definition) is 6. The number of amides is 1. The first-order valence-electron chi connectivity index (χ1n) is 7.38. The lowest BCUT2D eigenvalue weighted by atomic mass is 10.2. The Morgan fingerprint density at radius 1 is 0.960 bits per heavy atom. The summed E-state index contributed by atoms with van der Waals surface area (Å²) in [6, 6.07) is 14.5. The molecule has 1 heterocycles. The van der Waals surface area contributed by atoms with Gasteiger partial charge in [-0.3, -0.25) is 15.6 Å². The molecule has 126 valence electrons. The molecule has 0 aliphatic rings. The van der Waals surface area contributed by atoms with Crippen LogP contribution in [0.4, 0.5) is 27.4 Å². The fraction of sp³-hybridized carbons (Fsp3) is 0. The summed E-state index contributed by atoms with van der Waals surface area (Å²) < 4.78 is 13.0. The number of nitrogens with zero attached hydrogens (tertiary/aromatic N) is 2. The highest BCUT2D eigenvalue weighted by Gasteiger charge is 2.10. The number of benzene rings is 2. The Bertz CT molecular complexity index is 870. The number of nitrogen functional groups attached to an aromatic ring is 1. The van der Waals surface area contributed by atoms with Crippen molar-refractivity contribution in [3.8, 4) is 0 Å². The largest absolute Gasteiger partial charge is 0.393 e. The van der Waals surface area contributed by atoms with Crippen molar-refractivity contribution in [1.82, 2.24) is 15.4 Å². The Labute approximate surface area is 143 Å². The van der Waals surface area contributed by atoms with E-state index in [4.69, 9.17) is 5.73 Å². The van der Waals surface area contributed by atoms with Crippen LogP contribution in [-0.4, -0.2) is 15.9 Å². The third-order valence-corrected chi connectivity index (χ3v) is 3.32. The fourth-order valence-electron chi connectivity index (χ4n) is 2.04. The number of hydrogen-bond donors (Lipinski definition) is 4. The van der Waals surface area contributed by atoms with Gasteiger partial charge in [-0.05, 0) is 36.4 Å². The average Bonchev–Trinajstić information content (AvgIpc) is 2.64. The normalized spacial score (nSPS) is 10.1. The van der Waals surface area contributed by atoms with Gasteiger partial charge >= 0.3 is 0 Å². The minimum Gasteiger partial charge on any atom is -0.393 e. The number of hydrazine groups is 1. The van der Waals surface area contributed by atoms with Crippen molar-refractivity contribution >= 4 is 28.9 Å². The molecule has 5 N–H and O–H groups in total. The highest BCUT2D eigenvalue weighted by atomic mass is 19.1. The maximum atomic E-state index is 13.0. The van der Waals surface area contributed by atoms with Crippen molar-refractivity contribution in [2.24, 2.45) is 0 Å². The second-order valence-electron chi connectivity index (χ2n) is 5.06. The molecule has 3 aromatic rings. The van der Waals surface area contributed by atoms with Gasteiger partial charge in [0.05, 0.1) is 0 Å². The first-order valence-corrected chi connectivity index (χ1v) is 7.38. The molecule has 1 amide bonds. The molecular weight excluding hydrogens is 323 g/mol. The molecule has 8 heteroatoms. The lowest BCUT2D eigenvalue weighted by Gasteiger charge is -2.13. The van der Waals surface area contributed by atoms with Crippen molar-refractivity contribution in [2.75, 3.05) is 16.5 Å². The topological polar surface area (TPSA) is 105 Å². The van der Waals surface area contributed by atoms with E-state index < -0.39 is 0 Å². The smallest absolute Gasteiger partial charge is 0.269 e. The highest BCUT2D eigenvalue weighted by Crippen LogP contribution is 2.25.